The van der Waals surface area contributed by atoms with Gasteiger partial charge in [0.2, 0.25) is 0 Å². The van der Waals surface area contributed by atoms with Crippen molar-refractivity contribution in [1.82, 2.24) is 0 Å². The van der Waals surface area contributed by atoms with Gasteiger partial charge in [-0.3, -0.25) is 9.52 Å². The fourth-order valence-electron chi connectivity index (χ4n) is 2.60. The summed E-state index contributed by atoms with van der Waals surface area (Å²) >= 11 is 3.27. The Bertz CT molecular complexity index is 1150. The van der Waals surface area contributed by atoms with Crippen LogP contribution in [0.1, 0.15) is 17.3 Å². The number of carbonyl (C=O) groups excluding carboxylic acids is 1. The zero-order chi connectivity index (χ0) is 21.7. The minimum atomic E-state index is -3.92. The van der Waals surface area contributed by atoms with Crippen molar-refractivity contribution in [2.45, 2.75) is 11.8 Å². The van der Waals surface area contributed by atoms with E-state index in [1.807, 2.05) is 0 Å². The molecule has 0 saturated heterocycles. The molecule has 30 heavy (non-hydrogen) atoms. The third-order valence-electron chi connectivity index (χ3n) is 4.00. The Labute approximate surface area is 182 Å². The van der Waals surface area contributed by atoms with Gasteiger partial charge in [0.1, 0.15) is 16.5 Å². The van der Waals surface area contributed by atoms with Gasteiger partial charge in [-0.1, -0.05) is 15.9 Å². The molecule has 0 heterocycles. The third kappa shape index (κ3) is 5.37. The van der Waals surface area contributed by atoms with Gasteiger partial charge in [-0.25, -0.2) is 12.8 Å². The van der Waals surface area contributed by atoms with Gasteiger partial charge in [-0.2, -0.15) is 0 Å². The molecule has 0 aromatic heterocycles. The van der Waals surface area contributed by atoms with Crippen LogP contribution >= 0.6 is 15.9 Å². The van der Waals surface area contributed by atoms with Gasteiger partial charge >= 0.3 is 0 Å². The molecule has 9 heteroatoms. The fourth-order valence-corrected chi connectivity index (χ4v) is 4.35. The van der Waals surface area contributed by atoms with Gasteiger partial charge in [-0.05, 0) is 73.7 Å². The molecule has 3 aromatic rings. The minimum Gasteiger partial charge on any atom is -0.492 e. The number of amides is 1. The average molecular weight is 493 g/mol. The van der Waals surface area contributed by atoms with Crippen LogP contribution in [-0.4, -0.2) is 20.9 Å². The van der Waals surface area contributed by atoms with Crippen molar-refractivity contribution in [2.24, 2.45) is 0 Å². The lowest BCUT2D eigenvalue weighted by atomic mass is 10.2. The first kappa shape index (κ1) is 21.8. The number of benzene rings is 3. The van der Waals surface area contributed by atoms with Crippen molar-refractivity contribution < 1.29 is 22.3 Å². The Morgan fingerprint density at radius 2 is 1.63 bits per heavy atom. The Morgan fingerprint density at radius 1 is 1.00 bits per heavy atom. The standard InChI is InChI=1S/C21H18BrFN2O4S/c1-2-29-19-12-5-15(22)13-20(19)30(27,28)25-18-8-3-14(4-9-18)21(26)24-17-10-6-16(23)7-11-17/h3-13,25H,2H2,1H3,(H,24,26). The SMILES string of the molecule is CCOc1ccc(Br)cc1S(=O)(=O)Nc1ccc(C(=O)Nc2ccc(F)cc2)cc1. The van der Waals surface area contributed by atoms with E-state index in [1.54, 1.807) is 19.1 Å². The molecule has 0 bridgehead atoms. The zero-order valence-corrected chi connectivity index (χ0v) is 18.3. The van der Waals surface area contributed by atoms with Crippen LogP contribution in [0.5, 0.6) is 5.75 Å². The molecule has 3 aromatic carbocycles. The van der Waals surface area contributed by atoms with Crippen LogP contribution in [0.25, 0.3) is 0 Å². The Kier molecular flexibility index (Phi) is 6.73. The molecule has 0 unspecified atom stereocenters. The van der Waals surface area contributed by atoms with Crippen LogP contribution < -0.4 is 14.8 Å². The van der Waals surface area contributed by atoms with Crippen LogP contribution in [0.15, 0.2) is 76.1 Å². The summed E-state index contributed by atoms with van der Waals surface area (Å²) in [6.45, 7) is 2.09. The zero-order valence-electron chi connectivity index (χ0n) is 15.9. The summed E-state index contributed by atoms with van der Waals surface area (Å²) in [5, 5.41) is 2.64. The Hall–Kier alpha value is -2.91. The number of nitrogens with one attached hydrogen (secondary N) is 2. The molecule has 156 valence electrons. The van der Waals surface area contributed by atoms with Gasteiger partial charge in [-0.15, -0.1) is 0 Å². The van der Waals surface area contributed by atoms with Crippen molar-refractivity contribution in [2.75, 3.05) is 16.6 Å². The van der Waals surface area contributed by atoms with E-state index < -0.39 is 21.7 Å². The van der Waals surface area contributed by atoms with Crippen molar-refractivity contribution in [1.29, 1.82) is 0 Å². The van der Waals surface area contributed by atoms with Gasteiger partial charge in [0, 0.05) is 21.4 Å². The van der Waals surface area contributed by atoms with Crippen LogP contribution in [0, 0.1) is 5.82 Å². The Morgan fingerprint density at radius 3 is 2.27 bits per heavy atom. The lowest BCUT2D eigenvalue weighted by Gasteiger charge is -2.13. The summed E-state index contributed by atoms with van der Waals surface area (Å²) in [5.74, 6) is -0.562. The first-order chi connectivity index (χ1) is 14.3. The molecular weight excluding hydrogens is 475 g/mol. The number of sulfonamides is 1. The quantitative estimate of drug-likeness (QED) is 0.483. The molecule has 0 radical (unpaired) electrons. The highest BCUT2D eigenvalue weighted by atomic mass is 79.9. The molecule has 2 N–H and O–H groups in total. The van der Waals surface area contributed by atoms with Gasteiger partial charge < -0.3 is 10.1 Å². The highest BCUT2D eigenvalue weighted by molar-refractivity contribution is 9.10. The van der Waals surface area contributed by atoms with E-state index in [9.17, 15) is 17.6 Å². The summed E-state index contributed by atoms with van der Waals surface area (Å²) < 4.78 is 47.1. The molecule has 0 atom stereocenters. The molecule has 1 amide bonds. The molecule has 6 nitrogen and oxygen atoms in total. The second-order valence-corrected chi connectivity index (χ2v) is 8.73. The van der Waals surface area contributed by atoms with Gasteiger partial charge in [0.25, 0.3) is 15.9 Å². The highest BCUT2D eigenvalue weighted by Gasteiger charge is 2.20. The lowest BCUT2D eigenvalue weighted by Crippen LogP contribution is -2.15. The average Bonchev–Trinajstić information content (AvgIpc) is 2.71. The molecule has 0 spiro atoms. The smallest absolute Gasteiger partial charge is 0.265 e. The number of anilines is 2. The van der Waals surface area contributed by atoms with Gasteiger partial charge in [0.05, 0.1) is 6.61 Å². The maximum absolute atomic E-state index is 13.0. The molecular formula is C21H18BrFN2O4S. The van der Waals surface area contributed by atoms with E-state index in [0.717, 1.165) is 0 Å². The summed E-state index contributed by atoms with van der Waals surface area (Å²) in [5.41, 5.74) is 1.06. The first-order valence-corrected chi connectivity index (χ1v) is 11.2. The number of halogens is 2. The summed E-state index contributed by atoms with van der Waals surface area (Å²) in [6.07, 6.45) is 0. The van der Waals surface area contributed by atoms with Gasteiger partial charge in [0.15, 0.2) is 0 Å². The maximum Gasteiger partial charge on any atom is 0.265 e. The van der Waals surface area contributed by atoms with E-state index >= 15 is 0 Å². The van der Waals surface area contributed by atoms with E-state index in [-0.39, 0.29) is 16.3 Å². The van der Waals surface area contributed by atoms with Crippen molar-refractivity contribution in [3.63, 3.8) is 0 Å². The third-order valence-corrected chi connectivity index (χ3v) is 5.89. The fraction of sp³-hybridized carbons (Fsp3) is 0.0952. The molecule has 0 aliphatic rings. The molecule has 0 fully saturated rings. The number of ether oxygens (including phenoxy) is 1. The van der Waals surface area contributed by atoms with Crippen molar-refractivity contribution in [3.8, 4) is 5.75 Å². The molecule has 0 aliphatic heterocycles. The maximum atomic E-state index is 13.0. The van der Waals surface area contributed by atoms with E-state index in [1.165, 1.54) is 54.6 Å². The lowest BCUT2D eigenvalue weighted by molar-refractivity contribution is 0.102. The monoisotopic (exact) mass is 492 g/mol. The van der Waals surface area contributed by atoms with E-state index in [4.69, 9.17) is 4.74 Å². The van der Waals surface area contributed by atoms with Crippen LogP contribution in [0.3, 0.4) is 0 Å². The largest absolute Gasteiger partial charge is 0.492 e. The van der Waals surface area contributed by atoms with Crippen LogP contribution in [0.4, 0.5) is 15.8 Å². The van der Waals surface area contributed by atoms with Crippen molar-refractivity contribution >= 4 is 43.2 Å². The number of rotatable bonds is 7. The van der Waals surface area contributed by atoms with Crippen LogP contribution in [-0.2, 0) is 10.0 Å². The molecule has 0 saturated carbocycles. The second kappa shape index (κ2) is 9.27. The normalized spacial score (nSPS) is 11.0. The molecule has 0 aliphatic carbocycles. The summed E-state index contributed by atoms with van der Waals surface area (Å²) in [6, 6.07) is 16.0. The topological polar surface area (TPSA) is 84.5 Å². The minimum absolute atomic E-state index is 0.00291. The van der Waals surface area contributed by atoms with E-state index in [2.05, 4.69) is 26.0 Å². The Balaban J connectivity index is 1.76. The van der Waals surface area contributed by atoms with Crippen LogP contribution in [0.2, 0.25) is 0 Å². The molecule has 3 rings (SSSR count). The van der Waals surface area contributed by atoms with Crippen molar-refractivity contribution in [3.05, 3.63) is 82.6 Å². The highest BCUT2D eigenvalue weighted by Crippen LogP contribution is 2.29. The van der Waals surface area contributed by atoms with E-state index in [0.29, 0.717) is 22.3 Å². The number of carbonyl (C=O) groups is 1. The predicted octanol–water partition coefficient (Wildman–Crippen LogP) is 5.04. The number of hydrogen-bond acceptors (Lipinski definition) is 4. The second-order valence-electron chi connectivity index (χ2n) is 6.17. The predicted molar refractivity (Wildman–Crippen MR) is 117 cm³/mol. The number of hydrogen-bond donors (Lipinski definition) is 2. The summed E-state index contributed by atoms with van der Waals surface area (Å²) in [7, 11) is -3.92. The summed E-state index contributed by atoms with van der Waals surface area (Å²) in [4.78, 5) is 12.3. The first-order valence-electron chi connectivity index (χ1n) is 8.90.